The van der Waals surface area contributed by atoms with Gasteiger partial charge in [-0.1, -0.05) is 24.4 Å². The molecule has 6 nitrogen and oxygen atoms in total. The number of rotatable bonds is 9. The van der Waals surface area contributed by atoms with Crippen LogP contribution < -0.4 is 10.6 Å². The van der Waals surface area contributed by atoms with Crippen molar-refractivity contribution in [3.63, 3.8) is 0 Å². The number of benzene rings is 1. The summed E-state index contributed by atoms with van der Waals surface area (Å²) in [5.74, 6) is -1.13. The normalized spacial score (nSPS) is 16.0. The van der Waals surface area contributed by atoms with Gasteiger partial charge in [0, 0.05) is 29.3 Å². The smallest absolute Gasteiger partial charge is 0.303 e. The molecular weight excluding hydrogens is 364 g/mol. The van der Waals surface area contributed by atoms with E-state index in [1.54, 1.807) is 12.1 Å². The number of aliphatic carboxylic acids is 1. The third-order valence-electron chi connectivity index (χ3n) is 3.77. The fourth-order valence-electron chi connectivity index (χ4n) is 2.48. The Morgan fingerprint density at radius 3 is 2.76 bits per heavy atom. The van der Waals surface area contributed by atoms with E-state index in [0.717, 1.165) is 24.2 Å². The number of carbonyl (C=O) groups excluding carboxylic acids is 2. The molecule has 1 aliphatic rings. The summed E-state index contributed by atoms with van der Waals surface area (Å²) in [5.41, 5.74) is 0.681. The van der Waals surface area contributed by atoms with Crippen molar-refractivity contribution in [1.29, 1.82) is 0 Å². The maximum absolute atomic E-state index is 12.1. The van der Waals surface area contributed by atoms with Gasteiger partial charge in [0.2, 0.25) is 11.8 Å². The van der Waals surface area contributed by atoms with Crippen LogP contribution in [0.1, 0.15) is 38.5 Å². The highest BCUT2D eigenvalue weighted by molar-refractivity contribution is 8.01. The molecule has 2 amide bonds. The topological polar surface area (TPSA) is 95.5 Å². The van der Waals surface area contributed by atoms with Gasteiger partial charge >= 0.3 is 5.97 Å². The molecule has 0 aromatic heterocycles. The van der Waals surface area contributed by atoms with Gasteiger partial charge in [0.05, 0.1) is 10.9 Å². The van der Waals surface area contributed by atoms with E-state index in [4.69, 9.17) is 16.7 Å². The first-order valence-electron chi connectivity index (χ1n) is 8.21. The molecule has 0 bridgehead atoms. The van der Waals surface area contributed by atoms with Crippen molar-refractivity contribution in [3.05, 3.63) is 23.2 Å². The Labute approximate surface area is 155 Å². The molecule has 1 aromatic carbocycles. The minimum Gasteiger partial charge on any atom is -0.481 e. The highest BCUT2D eigenvalue weighted by Gasteiger charge is 2.28. The van der Waals surface area contributed by atoms with Crippen LogP contribution in [0.4, 0.5) is 5.69 Å². The van der Waals surface area contributed by atoms with Crippen molar-refractivity contribution >= 4 is 46.8 Å². The molecule has 8 heteroatoms. The highest BCUT2D eigenvalue weighted by atomic mass is 35.5. The summed E-state index contributed by atoms with van der Waals surface area (Å²) < 4.78 is 0. The van der Waals surface area contributed by atoms with Gasteiger partial charge in [0.25, 0.3) is 0 Å². The minimum atomic E-state index is -0.777. The van der Waals surface area contributed by atoms with Crippen molar-refractivity contribution in [2.75, 3.05) is 11.9 Å². The zero-order valence-corrected chi connectivity index (χ0v) is 15.3. The van der Waals surface area contributed by atoms with E-state index < -0.39 is 11.2 Å². The SMILES string of the molecule is O=C(O)CCCCCCNC(=O)CC1Sc2ccc(Cl)cc2NC1=O. The average molecular weight is 385 g/mol. The Morgan fingerprint density at radius 1 is 1.24 bits per heavy atom. The zero-order valence-electron chi connectivity index (χ0n) is 13.7. The standard InChI is InChI=1S/C17H21ClN2O4S/c18-11-6-7-13-12(9-11)20-17(24)14(25-13)10-15(21)19-8-4-2-1-3-5-16(22)23/h6-7,9,14H,1-5,8,10H2,(H,19,21)(H,20,24)(H,22,23). The number of nitrogens with one attached hydrogen (secondary N) is 2. The maximum atomic E-state index is 12.1. The molecular formula is C17H21ClN2O4S. The second-order valence-corrected chi connectivity index (χ2v) is 7.53. The summed E-state index contributed by atoms with van der Waals surface area (Å²) >= 11 is 7.28. The Morgan fingerprint density at radius 2 is 2.00 bits per heavy atom. The van der Waals surface area contributed by atoms with E-state index in [0.29, 0.717) is 23.7 Å². The Bertz CT molecular complexity index is 654. The van der Waals surface area contributed by atoms with Crippen LogP contribution in [0.25, 0.3) is 0 Å². The lowest BCUT2D eigenvalue weighted by Crippen LogP contribution is -2.35. The van der Waals surface area contributed by atoms with Crippen molar-refractivity contribution in [1.82, 2.24) is 5.32 Å². The van der Waals surface area contributed by atoms with Crippen LogP contribution in [0.5, 0.6) is 0 Å². The van der Waals surface area contributed by atoms with Crippen LogP contribution in [-0.4, -0.2) is 34.7 Å². The summed E-state index contributed by atoms with van der Waals surface area (Å²) in [6, 6.07) is 5.29. The molecule has 0 fully saturated rings. The van der Waals surface area contributed by atoms with Crippen LogP contribution in [0, 0.1) is 0 Å². The lowest BCUT2D eigenvalue weighted by atomic mass is 10.1. The molecule has 0 saturated heterocycles. The maximum Gasteiger partial charge on any atom is 0.303 e. The van der Waals surface area contributed by atoms with Crippen molar-refractivity contribution in [2.24, 2.45) is 0 Å². The van der Waals surface area contributed by atoms with Crippen LogP contribution in [0.2, 0.25) is 5.02 Å². The van der Waals surface area contributed by atoms with E-state index >= 15 is 0 Å². The summed E-state index contributed by atoms with van der Waals surface area (Å²) in [4.78, 5) is 35.4. The summed E-state index contributed by atoms with van der Waals surface area (Å²) in [6.07, 6.45) is 3.48. The lowest BCUT2D eigenvalue weighted by Gasteiger charge is -2.23. The fraction of sp³-hybridized carbons (Fsp3) is 0.471. The number of amides is 2. The molecule has 136 valence electrons. The lowest BCUT2D eigenvalue weighted by molar-refractivity contribution is -0.137. The Kier molecular flexibility index (Phi) is 7.58. The van der Waals surface area contributed by atoms with E-state index in [1.807, 2.05) is 6.07 Å². The number of unbranched alkanes of at least 4 members (excludes halogenated alkanes) is 3. The average Bonchev–Trinajstić information content (AvgIpc) is 2.54. The minimum absolute atomic E-state index is 0.123. The Hall–Kier alpha value is -1.73. The van der Waals surface area contributed by atoms with Gasteiger partial charge in [0.15, 0.2) is 0 Å². The molecule has 1 unspecified atom stereocenters. The van der Waals surface area contributed by atoms with Crippen LogP contribution >= 0.6 is 23.4 Å². The molecule has 1 atom stereocenters. The number of fused-ring (bicyclic) bond motifs is 1. The Balaban J connectivity index is 1.68. The second kappa shape index (κ2) is 9.68. The van der Waals surface area contributed by atoms with E-state index in [1.165, 1.54) is 11.8 Å². The molecule has 2 rings (SSSR count). The molecule has 3 N–H and O–H groups in total. The number of carbonyl (C=O) groups is 3. The van der Waals surface area contributed by atoms with Gasteiger partial charge in [-0.05, 0) is 31.0 Å². The van der Waals surface area contributed by atoms with E-state index in [2.05, 4.69) is 10.6 Å². The van der Waals surface area contributed by atoms with Gasteiger partial charge in [-0.3, -0.25) is 14.4 Å². The fourth-order valence-corrected chi connectivity index (χ4v) is 3.74. The van der Waals surface area contributed by atoms with Crippen molar-refractivity contribution in [3.8, 4) is 0 Å². The van der Waals surface area contributed by atoms with E-state index in [-0.39, 0.29) is 24.7 Å². The van der Waals surface area contributed by atoms with Crippen LogP contribution in [0.3, 0.4) is 0 Å². The van der Waals surface area contributed by atoms with Gasteiger partial charge in [-0.25, -0.2) is 0 Å². The number of anilines is 1. The molecule has 25 heavy (non-hydrogen) atoms. The van der Waals surface area contributed by atoms with Crippen LogP contribution in [0.15, 0.2) is 23.1 Å². The third kappa shape index (κ3) is 6.59. The number of hydrogen-bond acceptors (Lipinski definition) is 4. The highest BCUT2D eigenvalue weighted by Crippen LogP contribution is 2.38. The summed E-state index contributed by atoms with van der Waals surface area (Å²) in [7, 11) is 0. The number of carboxylic acid groups (broad SMARTS) is 1. The summed E-state index contributed by atoms with van der Waals surface area (Å²) in [6.45, 7) is 0.539. The largest absolute Gasteiger partial charge is 0.481 e. The number of hydrogen-bond donors (Lipinski definition) is 3. The van der Waals surface area contributed by atoms with Gasteiger partial charge in [-0.2, -0.15) is 0 Å². The van der Waals surface area contributed by atoms with Crippen LogP contribution in [-0.2, 0) is 14.4 Å². The molecule has 0 aliphatic carbocycles. The summed E-state index contributed by atoms with van der Waals surface area (Å²) in [5, 5.41) is 14.2. The molecule has 0 spiro atoms. The second-order valence-electron chi connectivity index (χ2n) is 5.85. The first-order valence-corrected chi connectivity index (χ1v) is 9.47. The number of carboxylic acids is 1. The predicted molar refractivity (Wildman–Crippen MR) is 98.1 cm³/mol. The molecule has 1 aliphatic heterocycles. The van der Waals surface area contributed by atoms with Gasteiger partial charge in [0.1, 0.15) is 0 Å². The van der Waals surface area contributed by atoms with Gasteiger partial charge in [-0.15, -0.1) is 11.8 Å². The number of halogens is 1. The molecule has 1 heterocycles. The quantitative estimate of drug-likeness (QED) is 0.568. The first-order chi connectivity index (χ1) is 12.0. The number of thioether (sulfide) groups is 1. The van der Waals surface area contributed by atoms with E-state index in [9.17, 15) is 14.4 Å². The zero-order chi connectivity index (χ0) is 18.2. The van der Waals surface area contributed by atoms with Gasteiger partial charge < -0.3 is 15.7 Å². The van der Waals surface area contributed by atoms with Crippen molar-refractivity contribution in [2.45, 2.75) is 48.7 Å². The molecule has 0 saturated carbocycles. The predicted octanol–water partition coefficient (Wildman–Crippen LogP) is 3.29. The third-order valence-corrected chi connectivity index (χ3v) is 5.28. The van der Waals surface area contributed by atoms with Crippen molar-refractivity contribution < 1.29 is 19.5 Å². The first kappa shape index (κ1) is 19.6. The molecule has 0 radical (unpaired) electrons. The molecule has 1 aromatic rings. The monoisotopic (exact) mass is 384 g/mol.